The summed E-state index contributed by atoms with van der Waals surface area (Å²) in [7, 11) is 0. The molecular formula is C16H18FNO4. The van der Waals surface area contributed by atoms with Gasteiger partial charge in [0.25, 0.3) is 0 Å². The topological polar surface area (TPSA) is 75.6 Å². The molecule has 3 atom stereocenters. The Morgan fingerprint density at radius 2 is 2.00 bits per heavy atom. The number of carbonyl (C=O) groups is 2. The molecule has 5 nitrogen and oxygen atoms in total. The Morgan fingerprint density at radius 1 is 1.23 bits per heavy atom. The van der Waals surface area contributed by atoms with Crippen molar-refractivity contribution < 1.29 is 23.8 Å². The third-order valence-electron chi connectivity index (χ3n) is 4.49. The zero-order chi connectivity index (χ0) is 15.7. The lowest BCUT2D eigenvalue weighted by molar-refractivity contribution is -0.141. The predicted molar refractivity (Wildman–Crippen MR) is 75.9 cm³/mol. The number of hydrogen-bond acceptors (Lipinski definition) is 3. The van der Waals surface area contributed by atoms with Crippen molar-refractivity contribution >= 4 is 11.9 Å². The number of hydrogen-bond donors (Lipinski definition) is 2. The molecule has 0 saturated heterocycles. The van der Waals surface area contributed by atoms with Gasteiger partial charge in [-0.1, -0.05) is 12.1 Å². The number of ether oxygens (including phenoxy) is 1. The van der Waals surface area contributed by atoms with Crippen LogP contribution in [0.15, 0.2) is 18.2 Å². The SMILES string of the molecule is O=C(O)[C@@H]1CC[C@H](C(=O)N[C@@H]2CCOc3c(F)cccc32)C1. The molecule has 1 heterocycles. The molecule has 2 N–H and O–H groups in total. The molecule has 1 fully saturated rings. The van der Waals surface area contributed by atoms with Crippen molar-refractivity contribution in [1.82, 2.24) is 5.32 Å². The van der Waals surface area contributed by atoms with Crippen LogP contribution in [0.1, 0.15) is 37.3 Å². The van der Waals surface area contributed by atoms with Gasteiger partial charge in [-0.15, -0.1) is 0 Å². The second-order valence-corrected chi connectivity index (χ2v) is 5.90. The minimum absolute atomic E-state index is 0.147. The van der Waals surface area contributed by atoms with Gasteiger partial charge in [-0.05, 0) is 25.3 Å². The first-order chi connectivity index (χ1) is 10.6. The summed E-state index contributed by atoms with van der Waals surface area (Å²) < 4.78 is 19.1. The van der Waals surface area contributed by atoms with Gasteiger partial charge in [0.2, 0.25) is 5.91 Å². The van der Waals surface area contributed by atoms with Crippen molar-refractivity contribution in [2.45, 2.75) is 31.7 Å². The lowest BCUT2D eigenvalue weighted by atomic mass is 9.98. The maximum Gasteiger partial charge on any atom is 0.306 e. The molecule has 1 aliphatic heterocycles. The van der Waals surface area contributed by atoms with Gasteiger partial charge in [0, 0.05) is 17.9 Å². The number of carbonyl (C=O) groups excluding carboxylic acids is 1. The van der Waals surface area contributed by atoms with Gasteiger partial charge in [-0.3, -0.25) is 9.59 Å². The fourth-order valence-corrected chi connectivity index (χ4v) is 3.27. The van der Waals surface area contributed by atoms with Crippen LogP contribution >= 0.6 is 0 Å². The van der Waals surface area contributed by atoms with E-state index < -0.39 is 17.7 Å². The molecule has 0 radical (unpaired) electrons. The molecular weight excluding hydrogens is 289 g/mol. The van der Waals surface area contributed by atoms with Crippen LogP contribution in [0.3, 0.4) is 0 Å². The quantitative estimate of drug-likeness (QED) is 0.898. The second kappa shape index (κ2) is 5.94. The first-order valence-electron chi connectivity index (χ1n) is 7.50. The molecule has 1 amide bonds. The maximum absolute atomic E-state index is 13.7. The maximum atomic E-state index is 13.7. The zero-order valence-electron chi connectivity index (χ0n) is 12.0. The molecule has 1 aliphatic carbocycles. The Balaban J connectivity index is 1.69. The summed E-state index contributed by atoms with van der Waals surface area (Å²) in [5.74, 6) is -1.92. The number of rotatable bonds is 3. The average molecular weight is 307 g/mol. The lowest BCUT2D eigenvalue weighted by Gasteiger charge is -2.27. The number of fused-ring (bicyclic) bond motifs is 1. The van der Waals surface area contributed by atoms with Crippen molar-refractivity contribution in [1.29, 1.82) is 0 Å². The fourth-order valence-electron chi connectivity index (χ4n) is 3.27. The molecule has 0 aromatic heterocycles. The molecule has 2 aliphatic rings. The molecule has 0 spiro atoms. The van der Waals surface area contributed by atoms with Gasteiger partial charge >= 0.3 is 5.97 Å². The number of carboxylic acids is 1. The van der Waals surface area contributed by atoms with Gasteiger partial charge in [0.05, 0.1) is 18.6 Å². The van der Waals surface area contributed by atoms with Gasteiger partial charge < -0.3 is 15.2 Å². The summed E-state index contributed by atoms with van der Waals surface area (Å²) >= 11 is 0. The third kappa shape index (κ3) is 2.77. The number of benzene rings is 1. The normalized spacial score (nSPS) is 26.9. The highest BCUT2D eigenvalue weighted by atomic mass is 19.1. The first-order valence-corrected chi connectivity index (χ1v) is 7.50. The Bertz CT molecular complexity index is 604. The Hall–Kier alpha value is -2.11. The summed E-state index contributed by atoms with van der Waals surface area (Å²) in [4.78, 5) is 23.3. The van der Waals surface area contributed by atoms with E-state index in [0.29, 0.717) is 37.9 Å². The highest BCUT2D eigenvalue weighted by molar-refractivity contribution is 5.81. The van der Waals surface area contributed by atoms with E-state index in [9.17, 15) is 14.0 Å². The molecule has 22 heavy (non-hydrogen) atoms. The van der Waals surface area contributed by atoms with E-state index in [0.717, 1.165) is 0 Å². The van der Waals surface area contributed by atoms with Gasteiger partial charge in [-0.2, -0.15) is 0 Å². The van der Waals surface area contributed by atoms with E-state index in [4.69, 9.17) is 9.84 Å². The van der Waals surface area contributed by atoms with Crippen LogP contribution in [0.25, 0.3) is 0 Å². The summed E-state index contributed by atoms with van der Waals surface area (Å²) in [6.45, 7) is 0.349. The highest BCUT2D eigenvalue weighted by Crippen LogP contribution is 2.36. The lowest BCUT2D eigenvalue weighted by Crippen LogP contribution is -2.36. The van der Waals surface area contributed by atoms with E-state index >= 15 is 0 Å². The predicted octanol–water partition coefficient (Wildman–Crippen LogP) is 2.27. The molecule has 6 heteroatoms. The smallest absolute Gasteiger partial charge is 0.306 e. The molecule has 0 bridgehead atoms. The van der Waals surface area contributed by atoms with Crippen molar-refractivity contribution in [2.75, 3.05) is 6.61 Å². The molecule has 3 rings (SSSR count). The molecule has 1 aromatic carbocycles. The van der Waals surface area contributed by atoms with Crippen LogP contribution in [0.4, 0.5) is 4.39 Å². The van der Waals surface area contributed by atoms with Crippen LogP contribution in [-0.2, 0) is 9.59 Å². The van der Waals surface area contributed by atoms with Crippen LogP contribution in [0, 0.1) is 17.7 Å². The standard InChI is InChI=1S/C16H18FNO4/c17-12-3-1-2-11-13(6-7-22-14(11)12)18-15(19)9-4-5-10(8-9)16(20)21/h1-3,9-10,13H,4-8H2,(H,18,19)(H,20,21)/t9-,10+,13+/m0/s1. The highest BCUT2D eigenvalue weighted by Gasteiger charge is 2.35. The number of carboxylic acid groups (broad SMARTS) is 1. The number of nitrogens with one attached hydrogen (secondary N) is 1. The van der Waals surface area contributed by atoms with Crippen LogP contribution < -0.4 is 10.1 Å². The minimum atomic E-state index is -0.839. The first kappa shape index (κ1) is 14.8. The molecule has 1 aromatic rings. The second-order valence-electron chi connectivity index (χ2n) is 5.90. The van der Waals surface area contributed by atoms with Crippen molar-refractivity contribution in [2.24, 2.45) is 11.8 Å². The van der Waals surface area contributed by atoms with Crippen LogP contribution in [0.5, 0.6) is 5.75 Å². The van der Waals surface area contributed by atoms with E-state index in [1.54, 1.807) is 12.1 Å². The Morgan fingerprint density at radius 3 is 2.73 bits per heavy atom. The minimum Gasteiger partial charge on any atom is -0.490 e. The Kier molecular flexibility index (Phi) is 4.00. The largest absolute Gasteiger partial charge is 0.490 e. The van der Waals surface area contributed by atoms with Crippen molar-refractivity contribution in [3.05, 3.63) is 29.6 Å². The van der Waals surface area contributed by atoms with Crippen LogP contribution in [-0.4, -0.2) is 23.6 Å². The van der Waals surface area contributed by atoms with Gasteiger partial charge in [0.15, 0.2) is 11.6 Å². The number of para-hydroxylation sites is 1. The molecule has 1 saturated carbocycles. The number of amides is 1. The van der Waals surface area contributed by atoms with Gasteiger partial charge in [-0.25, -0.2) is 4.39 Å². The number of aliphatic carboxylic acids is 1. The van der Waals surface area contributed by atoms with Gasteiger partial charge in [0.1, 0.15) is 0 Å². The monoisotopic (exact) mass is 307 g/mol. The van der Waals surface area contributed by atoms with E-state index in [1.165, 1.54) is 6.07 Å². The Labute approximate surface area is 127 Å². The number of halogens is 1. The fraction of sp³-hybridized carbons (Fsp3) is 0.500. The molecule has 118 valence electrons. The van der Waals surface area contributed by atoms with Crippen LogP contribution in [0.2, 0.25) is 0 Å². The summed E-state index contributed by atoms with van der Waals surface area (Å²) in [5, 5.41) is 11.9. The summed E-state index contributed by atoms with van der Waals surface area (Å²) in [6, 6.07) is 4.39. The summed E-state index contributed by atoms with van der Waals surface area (Å²) in [5.41, 5.74) is 0.646. The average Bonchev–Trinajstić information content (AvgIpc) is 2.98. The third-order valence-corrected chi connectivity index (χ3v) is 4.49. The van der Waals surface area contributed by atoms with E-state index in [1.807, 2.05) is 0 Å². The van der Waals surface area contributed by atoms with Crippen molar-refractivity contribution in [3.8, 4) is 5.75 Å². The summed E-state index contributed by atoms with van der Waals surface area (Å²) in [6.07, 6.45) is 2.08. The zero-order valence-corrected chi connectivity index (χ0v) is 12.0. The van der Waals surface area contributed by atoms with E-state index in [-0.39, 0.29) is 23.6 Å². The van der Waals surface area contributed by atoms with E-state index in [2.05, 4.69) is 5.32 Å². The molecule has 0 unspecified atom stereocenters. The van der Waals surface area contributed by atoms with Crippen molar-refractivity contribution in [3.63, 3.8) is 0 Å².